The molecule has 0 atom stereocenters. The minimum Gasteiger partial charge on any atom is -0.493 e. The van der Waals surface area contributed by atoms with Crippen molar-refractivity contribution >= 4 is 11.0 Å². The van der Waals surface area contributed by atoms with E-state index in [1.165, 1.54) is 6.07 Å². The van der Waals surface area contributed by atoms with Crippen LogP contribution in [0.4, 0.5) is 0 Å². The van der Waals surface area contributed by atoms with E-state index in [0.717, 1.165) is 11.1 Å². The van der Waals surface area contributed by atoms with Gasteiger partial charge in [-0.25, -0.2) is 4.79 Å². The van der Waals surface area contributed by atoms with Crippen LogP contribution in [0, 0.1) is 5.41 Å². The number of hydrogen-bond donors (Lipinski definition) is 0. The van der Waals surface area contributed by atoms with Crippen LogP contribution in [0.25, 0.3) is 11.0 Å². The Labute approximate surface area is 100 Å². The first kappa shape index (κ1) is 11.7. The highest BCUT2D eigenvalue weighted by Gasteiger charge is 2.11. The first-order valence-corrected chi connectivity index (χ1v) is 5.61. The van der Waals surface area contributed by atoms with Gasteiger partial charge in [0.2, 0.25) is 0 Å². The van der Waals surface area contributed by atoms with Gasteiger partial charge >= 0.3 is 5.63 Å². The second kappa shape index (κ2) is 4.24. The molecule has 3 heteroatoms. The minimum atomic E-state index is -0.342. The summed E-state index contributed by atoms with van der Waals surface area (Å²) in [5.74, 6) is 0.724. The van der Waals surface area contributed by atoms with Gasteiger partial charge in [0, 0.05) is 17.5 Å². The molecule has 0 spiro atoms. The highest BCUT2D eigenvalue weighted by molar-refractivity contribution is 5.77. The number of ether oxygens (including phenoxy) is 1. The summed E-state index contributed by atoms with van der Waals surface area (Å²) < 4.78 is 10.8. The Hall–Kier alpha value is -1.77. The molecule has 2 rings (SSSR count). The van der Waals surface area contributed by atoms with E-state index in [1.807, 2.05) is 12.1 Å². The number of benzene rings is 1. The lowest BCUT2D eigenvalue weighted by molar-refractivity contribution is 0.198. The van der Waals surface area contributed by atoms with Crippen LogP contribution in [0.1, 0.15) is 20.8 Å². The summed E-state index contributed by atoms with van der Waals surface area (Å²) in [4.78, 5) is 11.1. The zero-order valence-corrected chi connectivity index (χ0v) is 10.3. The average Bonchev–Trinajstić information content (AvgIpc) is 2.24. The van der Waals surface area contributed by atoms with E-state index < -0.39 is 0 Å². The summed E-state index contributed by atoms with van der Waals surface area (Å²) in [6, 6.07) is 8.68. The third-order valence-corrected chi connectivity index (χ3v) is 2.27. The Morgan fingerprint density at radius 2 is 1.88 bits per heavy atom. The van der Waals surface area contributed by atoms with Gasteiger partial charge < -0.3 is 9.15 Å². The molecule has 0 amide bonds. The van der Waals surface area contributed by atoms with E-state index in [1.54, 1.807) is 12.1 Å². The lowest BCUT2D eigenvalue weighted by Crippen LogP contribution is -2.16. The van der Waals surface area contributed by atoms with Crippen LogP contribution in [-0.4, -0.2) is 6.61 Å². The molecule has 0 unspecified atom stereocenters. The second-order valence-electron chi connectivity index (χ2n) is 5.30. The Morgan fingerprint density at radius 3 is 2.59 bits per heavy atom. The van der Waals surface area contributed by atoms with Gasteiger partial charge in [-0.3, -0.25) is 0 Å². The zero-order chi connectivity index (χ0) is 12.5. The fourth-order valence-electron chi connectivity index (χ4n) is 1.43. The van der Waals surface area contributed by atoms with Crippen molar-refractivity contribution in [1.82, 2.24) is 0 Å². The van der Waals surface area contributed by atoms with Gasteiger partial charge in [0.1, 0.15) is 11.3 Å². The molecule has 3 nitrogen and oxygen atoms in total. The molecule has 1 aromatic carbocycles. The van der Waals surface area contributed by atoms with E-state index in [2.05, 4.69) is 20.8 Å². The Kier molecular flexibility index (Phi) is 2.92. The largest absolute Gasteiger partial charge is 0.493 e. The monoisotopic (exact) mass is 232 g/mol. The Balaban J connectivity index is 2.28. The van der Waals surface area contributed by atoms with E-state index in [9.17, 15) is 4.79 Å². The van der Waals surface area contributed by atoms with Crippen molar-refractivity contribution in [2.75, 3.05) is 6.61 Å². The maximum atomic E-state index is 11.1. The first-order chi connectivity index (χ1) is 7.94. The highest BCUT2D eigenvalue weighted by Crippen LogP contribution is 2.22. The molecule has 0 aliphatic heterocycles. The molecule has 17 heavy (non-hydrogen) atoms. The molecule has 1 aromatic heterocycles. The summed E-state index contributed by atoms with van der Waals surface area (Å²) >= 11 is 0. The van der Waals surface area contributed by atoms with Crippen molar-refractivity contribution in [1.29, 1.82) is 0 Å². The van der Waals surface area contributed by atoms with Gasteiger partial charge in [-0.2, -0.15) is 0 Å². The molecular formula is C14H16O3. The van der Waals surface area contributed by atoms with Gasteiger partial charge in [0.05, 0.1) is 6.61 Å². The SMILES string of the molecule is CC(C)(C)COc1ccc2ccc(=O)oc2c1. The summed E-state index contributed by atoms with van der Waals surface area (Å²) in [6.45, 7) is 6.94. The van der Waals surface area contributed by atoms with Crippen LogP contribution in [0.2, 0.25) is 0 Å². The van der Waals surface area contributed by atoms with Crippen molar-refractivity contribution in [3.8, 4) is 5.75 Å². The van der Waals surface area contributed by atoms with Crippen molar-refractivity contribution in [3.05, 3.63) is 40.8 Å². The zero-order valence-electron chi connectivity index (χ0n) is 10.3. The lowest BCUT2D eigenvalue weighted by Gasteiger charge is -2.18. The van der Waals surface area contributed by atoms with E-state index in [4.69, 9.17) is 9.15 Å². The highest BCUT2D eigenvalue weighted by atomic mass is 16.5. The van der Waals surface area contributed by atoms with Crippen LogP contribution in [-0.2, 0) is 0 Å². The fourth-order valence-corrected chi connectivity index (χ4v) is 1.43. The van der Waals surface area contributed by atoms with Crippen LogP contribution >= 0.6 is 0 Å². The predicted molar refractivity (Wildman–Crippen MR) is 67.4 cm³/mol. The molecule has 0 radical (unpaired) electrons. The number of rotatable bonds is 2. The average molecular weight is 232 g/mol. The lowest BCUT2D eigenvalue weighted by atomic mass is 9.99. The molecule has 1 heterocycles. The van der Waals surface area contributed by atoms with Crippen LogP contribution < -0.4 is 10.4 Å². The van der Waals surface area contributed by atoms with Crippen molar-refractivity contribution in [2.45, 2.75) is 20.8 Å². The number of fused-ring (bicyclic) bond motifs is 1. The third-order valence-electron chi connectivity index (χ3n) is 2.27. The van der Waals surface area contributed by atoms with Crippen LogP contribution in [0.15, 0.2) is 39.5 Å². The van der Waals surface area contributed by atoms with Gasteiger partial charge in [-0.15, -0.1) is 0 Å². The van der Waals surface area contributed by atoms with E-state index in [-0.39, 0.29) is 11.0 Å². The fraction of sp³-hybridized carbons (Fsp3) is 0.357. The molecular weight excluding hydrogens is 216 g/mol. The maximum Gasteiger partial charge on any atom is 0.336 e. The third kappa shape index (κ3) is 3.09. The summed E-state index contributed by atoms with van der Waals surface area (Å²) in [5, 5.41) is 0.896. The summed E-state index contributed by atoms with van der Waals surface area (Å²) in [5.41, 5.74) is 0.321. The van der Waals surface area contributed by atoms with Crippen molar-refractivity contribution in [2.24, 2.45) is 5.41 Å². The normalized spacial score (nSPS) is 11.7. The van der Waals surface area contributed by atoms with Gasteiger partial charge in [0.15, 0.2) is 0 Å². The quantitative estimate of drug-likeness (QED) is 0.746. The van der Waals surface area contributed by atoms with Crippen LogP contribution in [0.5, 0.6) is 5.75 Å². The molecule has 2 aromatic rings. The molecule has 0 aliphatic rings. The molecule has 90 valence electrons. The van der Waals surface area contributed by atoms with E-state index in [0.29, 0.717) is 12.2 Å². The standard InChI is InChI=1S/C14H16O3/c1-14(2,3)9-16-11-6-4-10-5-7-13(15)17-12(10)8-11/h4-8H,9H2,1-3H3. The molecule has 0 saturated carbocycles. The van der Waals surface area contributed by atoms with Gasteiger partial charge in [-0.1, -0.05) is 20.8 Å². The molecule has 0 aliphatic carbocycles. The van der Waals surface area contributed by atoms with Crippen LogP contribution in [0.3, 0.4) is 0 Å². The smallest absolute Gasteiger partial charge is 0.336 e. The van der Waals surface area contributed by atoms with Gasteiger partial charge in [-0.05, 0) is 23.6 Å². The minimum absolute atomic E-state index is 0.104. The van der Waals surface area contributed by atoms with Gasteiger partial charge in [0.25, 0.3) is 0 Å². The maximum absolute atomic E-state index is 11.1. The molecule has 0 N–H and O–H groups in total. The number of hydrogen-bond acceptors (Lipinski definition) is 3. The van der Waals surface area contributed by atoms with E-state index >= 15 is 0 Å². The Bertz CT molecular complexity index is 576. The second-order valence-corrected chi connectivity index (χ2v) is 5.30. The summed E-state index contributed by atoms with van der Waals surface area (Å²) in [7, 11) is 0. The Morgan fingerprint density at radius 1 is 1.18 bits per heavy atom. The van der Waals surface area contributed by atoms with Crippen molar-refractivity contribution in [3.63, 3.8) is 0 Å². The molecule has 0 bridgehead atoms. The molecule has 0 saturated heterocycles. The molecule has 0 fully saturated rings. The van der Waals surface area contributed by atoms with Crippen molar-refractivity contribution < 1.29 is 9.15 Å². The predicted octanol–water partition coefficient (Wildman–Crippen LogP) is 3.22. The topological polar surface area (TPSA) is 39.4 Å². The summed E-state index contributed by atoms with van der Waals surface area (Å²) in [6.07, 6.45) is 0. The first-order valence-electron chi connectivity index (χ1n) is 5.61.